The van der Waals surface area contributed by atoms with Crippen LogP contribution in [0.4, 0.5) is 11.4 Å². The summed E-state index contributed by atoms with van der Waals surface area (Å²) in [4.78, 5) is 24.8. The lowest BCUT2D eigenvalue weighted by atomic mass is 9.98. The van der Waals surface area contributed by atoms with Gasteiger partial charge in [-0.1, -0.05) is 42.5 Å². The van der Waals surface area contributed by atoms with Crippen LogP contribution < -0.4 is 4.90 Å². The number of non-ortho nitro benzene ring substituents is 1. The molecule has 5 nitrogen and oxygen atoms in total. The summed E-state index contributed by atoms with van der Waals surface area (Å²) >= 11 is 0. The Morgan fingerprint density at radius 3 is 2.64 bits per heavy atom. The number of benzene rings is 3. The van der Waals surface area contributed by atoms with Crippen molar-refractivity contribution in [1.29, 1.82) is 0 Å². The van der Waals surface area contributed by atoms with E-state index >= 15 is 0 Å². The van der Waals surface area contributed by atoms with E-state index in [4.69, 9.17) is 0 Å². The second-order valence-corrected chi connectivity index (χ2v) is 6.19. The maximum Gasteiger partial charge on any atom is 0.269 e. The van der Waals surface area contributed by atoms with E-state index in [-0.39, 0.29) is 11.6 Å². The van der Waals surface area contributed by atoms with Crippen molar-refractivity contribution in [2.24, 2.45) is 0 Å². The average Bonchev–Trinajstić information content (AvgIpc) is 2.63. The average molecular weight is 332 g/mol. The minimum atomic E-state index is -0.397. The molecule has 0 bridgehead atoms. The highest BCUT2D eigenvalue weighted by Crippen LogP contribution is 2.33. The molecule has 0 aromatic heterocycles. The second kappa shape index (κ2) is 6.02. The zero-order valence-electron chi connectivity index (χ0n) is 13.5. The summed E-state index contributed by atoms with van der Waals surface area (Å²) < 4.78 is 0. The maximum atomic E-state index is 12.5. The summed E-state index contributed by atoms with van der Waals surface area (Å²) in [7, 11) is 0. The van der Waals surface area contributed by atoms with Gasteiger partial charge in [0.15, 0.2) is 0 Å². The molecule has 0 spiro atoms. The number of carbonyl (C=O) groups is 1. The van der Waals surface area contributed by atoms with E-state index in [0.717, 1.165) is 27.6 Å². The Balaban J connectivity index is 1.75. The van der Waals surface area contributed by atoms with E-state index < -0.39 is 4.92 Å². The van der Waals surface area contributed by atoms with Gasteiger partial charge in [-0.3, -0.25) is 14.9 Å². The molecule has 1 heterocycles. The first-order chi connectivity index (χ1) is 12.1. The van der Waals surface area contributed by atoms with Gasteiger partial charge in [-0.2, -0.15) is 0 Å². The number of aryl methyl sites for hydroxylation is 1. The second-order valence-electron chi connectivity index (χ2n) is 6.19. The zero-order chi connectivity index (χ0) is 17.4. The third-order valence-corrected chi connectivity index (χ3v) is 4.68. The Kier molecular flexibility index (Phi) is 3.69. The molecule has 25 heavy (non-hydrogen) atoms. The van der Waals surface area contributed by atoms with Gasteiger partial charge in [-0.25, -0.2) is 0 Å². The van der Waals surface area contributed by atoms with Crippen LogP contribution in [-0.4, -0.2) is 10.8 Å². The predicted octanol–water partition coefficient (Wildman–Crippen LogP) is 4.23. The third-order valence-electron chi connectivity index (χ3n) is 4.68. The van der Waals surface area contributed by atoms with Crippen LogP contribution >= 0.6 is 0 Å². The van der Waals surface area contributed by atoms with Gasteiger partial charge in [-0.15, -0.1) is 0 Å². The Bertz CT molecular complexity index is 992. The quantitative estimate of drug-likeness (QED) is 0.532. The number of anilines is 1. The minimum absolute atomic E-state index is 0.0503. The molecule has 0 saturated carbocycles. The van der Waals surface area contributed by atoms with Crippen LogP contribution in [-0.2, 0) is 17.8 Å². The molecule has 1 aliphatic heterocycles. The highest BCUT2D eigenvalue weighted by atomic mass is 16.6. The van der Waals surface area contributed by atoms with E-state index in [1.165, 1.54) is 6.07 Å². The molecule has 0 saturated heterocycles. The number of rotatable bonds is 3. The summed E-state index contributed by atoms with van der Waals surface area (Å²) in [6.07, 6.45) is 0.917. The van der Waals surface area contributed by atoms with Crippen molar-refractivity contribution in [3.63, 3.8) is 0 Å². The molecule has 0 atom stereocenters. The summed E-state index contributed by atoms with van der Waals surface area (Å²) in [5, 5.41) is 13.2. The van der Waals surface area contributed by atoms with Crippen molar-refractivity contribution in [1.82, 2.24) is 0 Å². The lowest BCUT2D eigenvalue weighted by Gasteiger charge is -2.29. The lowest BCUT2D eigenvalue weighted by Crippen LogP contribution is -2.34. The first-order valence-corrected chi connectivity index (χ1v) is 8.18. The van der Waals surface area contributed by atoms with Crippen molar-refractivity contribution in [2.45, 2.75) is 19.4 Å². The molecule has 0 unspecified atom stereocenters. The molecule has 3 aromatic rings. The fourth-order valence-electron chi connectivity index (χ4n) is 3.43. The monoisotopic (exact) mass is 332 g/mol. The molecule has 0 N–H and O–H groups in total. The fourth-order valence-corrected chi connectivity index (χ4v) is 3.43. The standard InChI is InChI=1S/C20H16N2O3/c23-20-11-8-15-12-17(22(24)25)9-10-19(15)21(20)13-16-6-3-5-14-4-1-2-7-18(14)16/h1-7,9-10,12H,8,11,13H2. The molecular formula is C20H16N2O3. The van der Waals surface area contributed by atoms with E-state index in [0.29, 0.717) is 19.4 Å². The van der Waals surface area contributed by atoms with Gasteiger partial charge in [0.2, 0.25) is 5.91 Å². The first-order valence-electron chi connectivity index (χ1n) is 8.18. The van der Waals surface area contributed by atoms with Gasteiger partial charge in [0.25, 0.3) is 5.69 Å². The fraction of sp³-hybridized carbons (Fsp3) is 0.150. The largest absolute Gasteiger partial charge is 0.308 e. The molecule has 0 fully saturated rings. The van der Waals surface area contributed by atoms with Gasteiger partial charge >= 0.3 is 0 Å². The Hall–Kier alpha value is -3.21. The highest BCUT2D eigenvalue weighted by Gasteiger charge is 2.26. The van der Waals surface area contributed by atoms with Crippen LogP contribution in [0.3, 0.4) is 0 Å². The van der Waals surface area contributed by atoms with Gasteiger partial charge in [0.05, 0.1) is 11.5 Å². The van der Waals surface area contributed by atoms with Crippen LogP contribution in [0.2, 0.25) is 0 Å². The van der Waals surface area contributed by atoms with Crippen molar-refractivity contribution < 1.29 is 9.72 Å². The first kappa shape index (κ1) is 15.3. The van der Waals surface area contributed by atoms with Crippen LogP contribution in [0.25, 0.3) is 10.8 Å². The van der Waals surface area contributed by atoms with Gasteiger partial charge < -0.3 is 4.90 Å². The Morgan fingerprint density at radius 2 is 1.80 bits per heavy atom. The molecule has 124 valence electrons. The molecular weight excluding hydrogens is 316 g/mol. The number of nitro benzene ring substituents is 1. The zero-order valence-corrected chi connectivity index (χ0v) is 13.5. The molecule has 4 rings (SSSR count). The van der Waals surface area contributed by atoms with Crippen LogP contribution in [0, 0.1) is 10.1 Å². The predicted molar refractivity (Wildman–Crippen MR) is 96.6 cm³/mol. The molecule has 3 aromatic carbocycles. The van der Waals surface area contributed by atoms with Gasteiger partial charge in [0, 0.05) is 24.2 Å². The van der Waals surface area contributed by atoms with Crippen molar-refractivity contribution in [2.75, 3.05) is 4.90 Å². The van der Waals surface area contributed by atoms with Crippen LogP contribution in [0.1, 0.15) is 17.5 Å². The van der Waals surface area contributed by atoms with Gasteiger partial charge in [0.1, 0.15) is 0 Å². The van der Waals surface area contributed by atoms with Crippen LogP contribution in [0.15, 0.2) is 60.7 Å². The Morgan fingerprint density at radius 1 is 1.00 bits per heavy atom. The number of nitrogens with zero attached hydrogens (tertiary/aromatic N) is 2. The smallest absolute Gasteiger partial charge is 0.269 e. The number of nitro groups is 1. The molecule has 1 aliphatic rings. The lowest BCUT2D eigenvalue weighted by molar-refractivity contribution is -0.384. The summed E-state index contributed by atoms with van der Waals surface area (Å²) in [5.74, 6) is 0.0503. The van der Waals surface area contributed by atoms with Gasteiger partial charge in [-0.05, 0) is 34.4 Å². The maximum absolute atomic E-state index is 12.5. The van der Waals surface area contributed by atoms with Crippen molar-refractivity contribution >= 4 is 28.1 Å². The molecule has 0 radical (unpaired) electrons. The SMILES string of the molecule is O=C1CCc2cc([N+](=O)[O-])ccc2N1Cc1cccc2ccccc12. The van der Waals surface area contributed by atoms with E-state index in [2.05, 4.69) is 6.07 Å². The third kappa shape index (κ3) is 2.74. The summed E-state index contributed by atoms with van der Waals surface area (Å²) in [6, 6.07) is 18.9. The summed E-state index contributed by atoms with van der Waals surface area (Å²) in [6.45, 7) is 0.463. The number of fused-ring (bicyclic) bond motifs is 2. The number of hydrogen-bond donors (Lipinski definition) is 0. The minimum Gasteiger partial charge on any atom is -0.308 e. The number of hydrogen-bond acceptors (Lipinski definition) is 3. The normalized spacial score (nSPS) is 13.8. The van der Waals surface area contributed by atoms with Crippen molar-refractivity contribution in [3.05, 3.63) is 81.9 Å². The van der Waals surface area contributed by atoms with E-state index in [1.807, 2.05) is 36.4 Å². The van der Waals surface area contributed by atoms with Crippen LogP contribution in [0.5, 0.6) is 0 Å². The number of amides is 1. The molecule has 1 amide bonds. The topological polar surface area (TPSA) is 63.4 Å². The molecule has 0 aliphatic carbocycles. The summed E-state index contributed by atoms with van der Waals surface area (Å²) in [5.41, 5.74) is 2.76. The van der Waals surface area contributed by atoms with E-state index in [1.54, 1.807) is 17.0 Å². The highest BCUT2D eigenvalue weighted by molar-refractivity contribution is 5.97. The molecule has 5 heteroatoms. The number of carbonyl (C=O) groups excluding carboxylic acids is 1. The Labute approximate surface area is 144 Å². The van der Waals surface area contributed by atoms with Crippen molar-refractivity contribution in [3.8, 4) is 0 Å². The van der Waals surface area contributed by atoms with E-state index in [9.17, 15) is 14.9 Å².